The molecule has 16 heavy (non-hydrogen) atoms. The van der Waals surface area contributed by atoms with Crippen LogP contribution in [0.4, 0.5) is 11.4 Å². The zero-order chi connectivity index (χ0) is 12.1. The van der Waals surface area contributed by atoms with Crippen LogP contribution in [0.25, 0.3) is 0 Å². The van der Waals surface area contributed by atoms with E-state index in [9.17, 15) is 0 Å². The summed E-state index contributed by atoms with van der Waals surface area (Å²) in [6.07, 6.45) is 1.34. The predicted octanol–water partition coefficient (Wildman–Crippen LogP) is 4.06. The Morgan fingerprint density at radius 2 is 1.88 bits per heavy atom. The van der Waals surface area contributed by atoms with Crippen LogP contribution in [0.5, 0.6) is 5.75 Å². The molecule has 0 amide bonds. The topological polar surface area (TPSA) is 33.3 Å². The molecule has 1 unspecified atom stereocenters. The highest BCUT2D eigenvalue weighted by Crippen LogP contribution is 2.42. The van der Waals surface area contributed by atoms with E-state index >= 15 is 0 Å². The Hall–Kier alpha value is -0.900. The van der Waals surface area contributed by atoms with Crippen molar-refractivity contribution < 1.29 is 4.74 Å². The van der Waals surface area contributed by atoms with Crippen LogP contribution in [0.1, 0.15) is 27.2 Å². The lowest BCUT2D eigenvalue weighted by Gasteiger charge is -2.08. The van der Waals surface area contributed by atoms with Crippen LogP contribution in [0, 0.1) is 0 Å². The highest BCUT2D eigenvalue weighted by Gasteiger charge is 2.23. The zero-order valence-corrected chi connectivity index (χ0v) is 11.8. The number of benzene rings is 1. The van der Waals surface area contributed by atoms with Crippen molar-refractivity contribution in [2.75, 3.05) is 17.7 Å². The Morgan fingerprint density at radius 1 is 1.25 bits per heavy atom. The van der Waals surface area contributed by atoms with E-state index in [0.717, 1.165) is 28.0 Å². The first-order valence-electron chi connectivity index (χ1n) is 5.65. The number of halogens is 1. The van der Waals surface area contributed by atoms with Crippen LogP contribution in [0.15, 0.2) is 16.6 Å². The van der Waals surface area contributed by atoms with Crippen LogP contribution in [-0.4, -0.2) is 13.3 Å². The van der Waals surface area contributed by atoms with Crippen molar-refractivity contribution >= 4 is 27.3 Å². The van der Waals surface area contributed by atoms with Crippen molar-refractivity contribution in [1.29, 1.82) is 0 Å². The maximum atomic E-state index is 5.28. The lowest BCUT2D eigenvalue weighted by Crippen LogP contribution is -2.20. The predicted molar refractivity (Wildman–Crippen MR) is 73.4 cm³/mol. The summed E-state index contributed by atoms with van der Waals surface area (Å²) < 4.78 is 6.35. The Balaban J connectivity index is 0.000000606. The number of methoxy groups -OCH3 is 1. The fourth-order valence-electron chi connectivity index (χ4n) is 1.60. The Labute approximate surface area is 106 Å². The summed E-state index contributed by atoms with van der Waals surface area (Å²) in [4.78, 5) is 0. The van der Waals surface area contributed by atoms with Crippen molar-refractivity contribution in [2.45, 2.75) is 33.4 Å². The maximum Gasteiger partial charge on any atom is 0.144 e. The third-order valence-corrected chi connectivity index (χ3v) is 3.04. The number of rotatable bonds is 2. The standard InChI is InChI=1S/C10H13BrN2O.C2H6/c1-3-8-12-9-6(11)4-5-7(14-2)10(9)13-8;1-2/h4-5,8,12-13H,3H2,1-2H3;1-2H3. The van der Waals surface area contributed by atoms with E-state index in [1.807, 2.05) is 26.0 Å². The average molecular weight is 287 g/mol. The number of hydrogen-bond acceptors (Lipinski definition) is 3. The van der Waals surface area contributed by atoms with E-state index in [1.54, 1.807) is 7.11 Å². The Morgan fingerprint density at radius 3 is 2.44 bits per heavy atom. The van der Waals surface area contributed by atoms with E-state index in [-0.39, 0.29) is 0 Å². The molecule has 0 saturated carbocycles. The molecule has 1 aromatic carbocycles. The van der Waals surface area contributed by atoms with Gasteiger partial charge in [0.2, 0.25) is 0 Å². The molecule has 2 rings (SSSR count). The Kier molecular flexibility index (Phi) is 4.93. The lowest BCUT2D eigenvalue weighted by molar-refractivity contribution is 0.417. The van der Waals surface area contributed by atoms with E-state index in [0.29, 0.717) is 6.17 Å². The molecule has 3 nitrogen and oxygen atoms in total. The number of ether oxygens (including phenoxy) is 1. The summed E-state index contributed by atoms with van der Waals surface area (Å²) in [5, 5.41) is 6.77. The molecule has 90 valence electrons. The first kappa shape index (κ1) is 13.2. The molecule has 0 saturated heterocycles. The quantitative estimate of drug-likeness (QED) is 0.860. The van der Waals surface area contributed by atoms with Gasteiger partial charge in [0.05, 0.1) is 19.0 Å². The fraction of sp³-hybridized carbons (Fsp3) is 0.500. The zero-order valence-electron chi connectivity index (χ0n) is 10.2. The van der Waals surface area contributed by atoms with E-state index in [2.05, 4.69) is 33.5 Å². The summed E-state index contributed by atoms with van der Waals surface area (Å²) in [6.45, 7) is 6.14. The third kappa shape index (κ3) is 2.43. The van der Waals surface area contributed by atoms with Gasteiger partial charge in [-0.2, -0.15) is 0 Å². The number of nitrogens with one attached hydrogen (secondary N) is 2. The highest BCUT2D eigenvalue weighted by molar-refractivity contribution is 9.10. The third-order valence-electron chi connectivity index (χ3n) is 2.38. The molecule has 1 aliphatic heterocycles. The minimum absolute atomic E-state index is 0.303. The molecule has 0 radical (unpaired) electrons. The molecule has 4 heteroatoms. The van der Waals surface area contributed by atoms with Crippen LogP contribution in [-0.2, 0) is 0 Å². The van der Waals surface area contributed by atoms with Crippen molar-refractivity contribution in [3.8, 4) is 5.75 Å². The van der Waals surface area contributed by atoms with Gasteiger partial charge in [0.15, 0.2) is 0 Å². The van der Waals surface area contributed by atoms with Crippen LogP contribution < -0.4 is 15.4 Å². The monoisotopic (exact) mass is 286 g/mol. The van der Waals surface area contributed by atoms with Gasteiger partial charge in [-0.25, -0.2) is 0 Å². The van der Waals surface area contributed by atoms with Crippen LogP contribution >= 0.6 is 15.9 Å². The van der Waals surface area contributed by atoms with Gasteiger partial charge >= 0.3 is 0 Å². The van der Waals surface area contributed by atoms with Gasteiger partial charge < -0.3 is 15.4 Å². The maximum absolute atomic E-state index is 5.28. The molecule has 0 bridgehead atoms. The molecular formula is C12H19BrN2O. The molecule has 0 fully saturated rings. The van der Waals surface area contributed by atoms with E-state index in [1.165, 1.54) is 0 Å². The van der Waals surface area contributed by atoms with E-state index in [4.69, 9.17) is 4.74 Å². The average Bonchev–Trinajstić information content (AvgIpc) is 2.77. The van der Waals surface area contributed by atoms with Gasteiger partial charge in [-0.1, -0.05) is 20.8 Å². The molecule has 2 N–H and O–H groups in total. The SMILES string of the molecule is CC.CCC1Nc2c(Br)ccc(OC)c2N1. The second kappa shape index (κ2) is 5.99. The Bertz CT molecular complexity index is 355. The van der Waals surface area contributed by atoms with Crippen molar-refractivity contribution in [1.82, 2.24) is 0 Å². The van der Waals surface area contributed by atoms with Crippen LogP contribution in [0.2, 0.25) is 0 Å². The molecule has 1 heterocycles. The summed E-state index contributed by atoms with van der Waals surface area (Å²) >= 11 is 3.51. The van der Waals surface area contributed by atoms with Gasteiger partial charge in [0.1, 0.15) is 11.4 Å². The summed E-state index contributed by atoms with van der Waals surface area (Å²) in [5.74, 6) is 0.881. The largest absolute Gasteiger partial charge is 0.495 e. The summed E-state index contributed by atoms with van der Waals surface area (Å²) in [7, 11) is 1.68. The lowest BCUT2D eigenvalue weighted by atomic mass is 10.2. The first-order valence-corrected chi connectivity index (χ1v) is 6.45. The van der Waals surface area contributed by atoms with Gasteiger partial charge in [0.25, 0.3) is 0 Å². The number of hydrogen-bond donors (Lipinski definition) is 2. The highest BCUT2D eigenvalue weighted by atomic mass is 79.9. The minimum atomic E-state index is 0.303. The van der Waals surface area contributed by atoms with E-state index < -0.39 is 0 Å². The first-order chi connectivity index (χ1) is 7.76. The fourth-order valence-corrected chi connectivity index (χ4v) is 2.05. The molecule has 1 aromatic rings. The van der Waals surface area contributed by atoms with Crippen molar-refractivity contribution in [3.63, 3.8) is 0 Å². The molecule has 0 spiro atoms. The normalized spacial score (nSPS) is 16.4. The van der Waals surface area contributed by atoms with Gasteiger partial charge in [-0.05, 0) is 34.5 Å². The summed E-state index contributed by atoms with van der Waals surface area (Å²) in [6, 6.07) is 3.94. The summed E-state index contributed by atoms with van der Waals surface area (Å²) in [5.41, 5.74) is 2.14. The molecule has 1 atom stereocenters. The van der Waals surface area contributed by atoms with Crippen LogP contribution in [0.3, 0.4) is 0 Å². The number of fused-ring (bicyclic) bond motifs is 1. The van der Waals surface area contributed by atoms with Gasteiger partial charge in [-0.3, -0.25) is 0 Å². The van der Waals surface area contributed by atoms with Gasteiger partial charge in [-0.15, -0.1) is 0 Å². The smallest absolute Gasteiger partial charge is 0.144 e. The number of anilines is 2. The molecular weight excluding hydrogens is 268 g/mol. The molecule has 1 aliphatic rings. The second-order valence-corrected chi connectivity index (χ2v) is 4.10. The van der Waals surface area contributed by atoms with Crippen molar-refractivity contribution in [3.05, 3.63) is 16.6 Å². The minimum Gasteiger partial charge on any atom is -0.495 e. The van der Waals surface area contributed by atoms with Gasteiger partial charge in [0, 0.05) is 4.47 Å². The molecule has 0 aliphatic carbocycles. The van der Waals surface area contributed by atoms with Crippen molar-refractivity contribution in [2.24, 2.45) is 0 Å². The molecule has 0 aromatic heterocycles. The second-order valence-electron chi connectivity index (χ2n) is 3.25.